The third kappa shape index (κ3) is 3.61. The molecule has 30 heavy (non-hydrogen) atoms. The summed E-state index contributed by atoms with van der Waals surface area (Å²) in [6, 6.07) is 14.3. The number of hydrogen-bond donors (Lipinski definition) is 3. The minimum absolute atomic E-state index is 0.150. The van der Waals surface area contributed by atoms with Crippen LogP contribution in [0.1, 0.15) is 39.3 Å². The Morgan fingerprint density at radius 3 is 2.37 bits per heavy atom. The maximum atomic E-state index is 13.3. The fourth-order valence-electron chi connectivity index (χ4n) is 3.42. The molecule has 1 aromatic heterocycles. The number of methoxy groups -OCH3 is 2. The Balaban J connectivity index is 1.89. The third-order valence-electron chi connectivity index (χ3n) is 5.10. The Labute approximate surface area is 174 Å². The average molecular weight is 405 g/mol. The van der Waals surface area contributed by atoms with Gasteiger partial charge in [0.2, 0.25) is 5.78 Å². The molecule has 4 rings (SSSR count). The molecule has 4 N–H and O–H groups in total. The summed E-state index contributed by atoms with van der Waals surface area (Å²) in [6.07, 6.45) is 1.88. The van der Waals surface area contributed by atoms with Crippen molar-refractivity contribution in [3.05, 3.63) is 65.4 Å². The molecule has 7 nitrogen and oxygen atoms in total. The highest BCUT2D eigenvalue weighted by Gasteiger charge is 2.31. The summed E-state index contributed by atoms with van der Waals surface area (Å²) in [5, 5.41) is 2.96. The molecule has 0 spiro atoms. The van der Waals surface area contributed by atoms with E-state index in [1.165, 1.54) is 7.11 Å². The van der Waals surface area contributed by atoms with Gasteiger partial charge in [-0.15, -0.1) is 0 Å². The number of hydrogen-bond acceptors (Lipinski definition) is 5. The van der Waals surface area contributed by atoms with Gasteiger partial charge in [0.1, 0.15) is 5.82 Å². The first kappa shape index (κ1) is 19.6. The lowest BCUT2D eigenvalue weighted by atomic mass is 9.96. The lowest BCUT2D eigenvalue weighted by Gasteiger charge is -2.12. The number of nitrogen functional groups attached to an aromatic ring is 1. The van der Waals surface area contributed by atoms with E-state index in [1.807, 2.05) is 6.07 Å². The second-order valence-electron chi connectivity index (χ2n) is 7.18. The highest BCUT2D eigenvalue weighted by Crippen LogP contribution is 2.38. The number of amides is 1. The van der Waals surface area contributed by atoms with Gasteiger partial charge in [-0.25, -0.2) is 0 Å². The summed E-state index contributed by atoms with van der Waals surface area (Å²) in [5.41, 5.74) is 8.27. The Morgan fingerprint density at radius 2 is 1.73 bits per heavy atom. The molecule has 154 valence electrons. The predicted molar refractivity (Wildman–Crippen MR) is 114 cm³/mol. The largest absolute Gasteiger partial charge is 0.493 e. The van der Waals surface area contributed by atoms with Gasteiger partial charge in [0.05, 0.1) is 25.5 Å². The summed E-state index contributed by atoms with van der Waals surface area (Å²) in [4.78, 5) is 29.2. The second kappa shape index (κ2) is 7.94. The number of nitrogens with two attached hydrogens (primary N) is 1. The molecule has 0 radical (unpaired) electrons. The molecule has 1 aliphatic rings. The van der Waals surface area contributed by atoms with Gasteiger partial charge in [-0.3, -0.25) is 9.59 Å². The van der Waals surface area contributed by atoms with E-state index in [0.29, 0.717) is 28.2 Å². The lowest BCUT2D eigenvalue weighted by Crippen LogP contribution is -2.26. The molecule has 0 aliphatic heterocycles. The number of benzene rings is 2. The Bertz CT molecular complexity index is 1100. The molecule has 1 aliphatic carbocycles. The number of carbonyl (C=O) groups is 2. The summed E-state index contributed by atoms with van der Waals surface area (Å²) < 4.78 is 10.7. The zero-order valence-electron chi connectivity index (χ0n) is 16.8. The smallest absolute Gasteiger partial charge is 0.255 e. The molecular weight excluding hydrogens is 382 g/mol. The van der Waals surface area contributed by atoms with Gasteiger partial charge in [0, 0.05) is 17.2 Å². The Hall–Kier alpha value is -3.74. The Morgan fingerprint density at radius 1 is 1.03 bits per heavy atom. The quantitative estimate of drug-likeness (QED) is 0.522. The number of ketones is 1. The minimum Gasteiger partial charge on any atom is -0.493 e. The highest BCUT2D eigenvalue weighted by molar-refractivity contribution is 6.17. The number of nitrogens with one attached hydrogen (secondary N) is 2. The average Bonchev–Trinajstić information content (AvgIpc) is 3.52. The standard InChI is InChI=1S/C23H23N3O4/c1-29-16-11-8-14(12-17(16)30-2)18-19(23(28)25-15-9-10-15)22(24)26-20(18)21(27)13-6-4-3-5-7-13/h3-8,11-12,15,26H,9-10,24H2,1-2H3,(H,25,28). The molecule has 0 atom stereocenters. The molecule has 1 saturated carbocycles. The van der Waals surface area contributed by atoms with Gasteiger partial charge in [-0.1, -0.05) is 36.4 Å². The number of anilines is 1. The monoisotopic (exact) mass is 405 g/mol. The Kier molecular flexibility index (Phi) is 5.18. The lowest BCUT2D eigenvalue weighted by molar-refractivity contribution is 0.0952. The van der Waals surface area contributed by atoms with Gasteiger partial charge < -0.3 is 25.5 Å². The van der Waals surface area contributed by atoms with Crippen molar-refractivity contribution in [2.75, 3.05) is 20.0 Å². The third-order valence-corrected chi connectivity index (χ3v) is 5.10. The fraction of sp³-hybridized carbons (Fsp3) is 0.217. The summed E-state index contributed by atoms with van der Waals surface area (Å²) in [7, 11) is 3.08. The second-order valence-corrected chi connectivity index (χ2v) is 7.18. The number of aromatic nitrogens is 1. The summed E-state index contributed by atoms with van der Waals surface area (Å²) >= 11 is 0. The van der Waals surface area contributed by atoms with E-state index in [0.717, 1.165) is 12.8 Å². The van der Waals surface area contributed by atoms with Gasteiger partial charge >= 0.3 is 0 Å². The first-order valence-corrected chi connectivity index (χ1v) is 9.68. The molecule has 1 amide bonds. The highest BCUT2D eigenvalue weighted by atomic mass is 16.5. The molecule has 1 fully saturated rings. The van der Waals surface area contributed by atoms with Crippen molar-refractivity contribution >= 4 is 17.5 Å². The summed E-state index contributed by atoms with van der Waals surface area (Å²) in [6.45, 7) is 0. The first-order chi connectivity index (χ1) is 14.5. The molecule has 2 aromatic carbocycles. The molecule has 0 saturated heterocycles. The van der Waals surface area contributed by atoms with E-state index in [9.17, 15) is 9.59 Å². The van der Waals surface area contributed by atoms with Crippen LogP contribution in [-0.2, 0) is 0 Å². The number of rotatable bonds is 7. The molecule has 1 heterocycles. The van der Waals surface area contributed by atoms with Crippen LogP contribution in [-0.4, -0.2) is 36.9 Å². The van der Waals surface area contributed by atoms with Crippen LogP contribution in [0.15, 0.2) is 48.5 Å². The van der Waals surface area contributed by atoms with Crippen LogP contribution >= 0.6 is 0 Å². The van der Waals surface area contributed by atoms with Gasteiger partial charge in [0.15, 0.2) is 11.5 Å². The van der Waals surface area contributed by atoms with E-state index in [2.05, 4.69) is 10.3 Å². The van der Waals surface area contributed by atoms with E-state index < -0.39 is 0 Å². The van der Waals surface area contributed by atoms with Crippen LogP contribution in [0.4, 0.5) is 5.82 Å². The molecule has 7 heteroatoms. The number of aromatic amines is 1. The molecule has 3 aromatic rings. The van der Waals surface area contributed by atoms with Crippen LogP contribution in [0.5, 0.6) is 11.5 Å². The van der Waals surface area contributed by atoms with Crippen LogP contribution < -0.4 is 20.5 Å². The molecular formula is C23H23N3O4. The maximum absolute atomic E-state index is 13.3. The number of H-pyrrole nitrogens is 1. The predicted octanol–water partition coefficient (Wildman–Crippen LogP) is 3.40. The minimum atomic E-state index is -0.303. The zero-order valence-corrected chi connectivity index (χ0v) is 16.8. The van der Waals surface area contributed by atoms with E-state index in [4.69, 9.17) is 15.2 Å². The van der Waals surface area contributed by atoms with E-state index >= 15 is 0 Å². The van der Waals surface area contributed by atoms with Crippen LogP contribution in [0, 0.1) is 0 Å². The topological polar surface area (TPSA) is 106 Å². The van der Waals surface area contributed by atoms with E-state index in [-0.39, 0.29) is 34.8 Å². The van der Waals surface area contributed by atoms with Crippen molar-refractivity contribution in [3.63, 3.8) is 0 Å². The van der Waals surface area contributed by atoms with Crippen molar-refractivity contribution in [1.82, 2.24) is 10.3 Å². The van der Waals surface area contributed by atoms with Crippen molar-refractivity contribution < 1.29 is 19.1 Å². The molecule has 0 unspecified atom stereocenters. The number of ether oxygens (including phenoxy) is 2. The fourth-order valence-corrected chi connectivity index (χ4v) is 3.42. The van der Waals surface area contributed by atoms with Crippen molar-refractivity contribution in [2.45, 2.75) is 18.9 Å². The van der Waals surface area contributed by atoms with Crippen molar-refractivity contribution in [3.8, 4) is 22.6 Å². The van der Waals surface area contributed by atoms with Crippen LogP contribution in [0.2, 0.25) is 0 Å². The van der Waals surface area contributed by atoms with Gasteiger partial charge in [0.25, 0.3) is 5.91 Å². The maximum Gasteiger partial charge on any atom is 0.255 e. The number of carbonyl (C=O) groups excluding carboxylic acids is 2. The van der Waals surface area contributed by atoms with Gasteiger partial charge in [-0.05, 0) is 30.5 Å². The van der Waals surface area contributed by atoms with E-state index in [1.54, 1.807) is 49.6 Å². The zero-order chi connectivity index (χ0) is 21.3. The summed E-state index contributed by atoms with van der Waals surface area (Å²) in [5.74, 6) is 0.629. The van der Waals surface area contributed by atoms with Crippen LogP contribution in [0.25, 0.3) is 11.1 Å². The van der Waals surface area contributed by atoms with Crippen LogP contribution in [0.3, 0.4) is 0 Å². The van der Waals surface area contributed by atoms with Crippen molar-refractivity contribution in [2.24, 2.45) is 0 Å². The van der Waals surface area contributed by atoms with Crippen molar-refractivity contribution in [1.29, 1.82) is 0 Å². The van der Waals surface area contributed by atoms with Gasteiger partial charge in [-0.2, -0.15) is 0 Å². The first-order valence-electron chi connectivity index (χ1n) is 9.68. The SMILES string of the molecule is COc1ccc(-c2c(C(=O)c3ccccc3)[nH]c(N)c2C(=O)NC2CC2)cc1OC. The normalized spacial score (nSPS) is 13.0. The molecule has 0 bridgehead atoms.